The molecule has 0 N–H and O–H groups in total. The molecule has 5 nitrogen and oxygen atoms in total. The summed E-state index contributed by atoms with van der Waals surface area (Å²) in [5.74, 6) is 1.97. The molecule has 0 bridgehead atoms. The third-order valence-electron chi connectivity index (χ3n) is 4.26. The second-order valence-corrected chi connectivity index (χ2v) is 6.89. The molecule has 0 saturated heterocycles. The Labute approximate surface area is 173 Å². The van der Waals surface area contributed by atoms with Gasteiger partial charge in [0.1, 0.15) is 6.07 Å². The molecule has 28 heavy (non-hydrogen) atoms. The van der Waals surface area contributed by atoms with Crippen molar-refractivity contribution in [2.45, 2.75) is 27.3 Å². The molecule has 1 aromatic heterocycles. The minimum atomic E-state index is 0.497. The van der Waals surface area contributed by atoms with Crippen LogP contribution in [0.1, 0.15) is 32.2 Å². The number of halogens is 1. The van der Waals surface area contributed by atoms with Gasteiger partial charge in [0.25, 0.3) is 0 Å². The Hall–Kier alpha value is -2.78. The maximum Gasteiger partial charge on any atom is 0.175 e. The number of fused-ring (bicyclic) bond motifs is 1. The number of nitrogens with zero attached hydrogens (tertiary/aromatic N) is 3. The van der Waals surface area contributed by atoms with Crippen molar-refractivity contribution in [3.63, 3.8) is 0 Å². The molecule has 3 aromatic rings. The molecule has 0 aliphatic heterocycles. The van der Waals surface area contributed by atoms with Gasteiger partial charge in [-0.25, -0.2) is 4.98 Å². The number of benzene rings is 2. The summed E-state index contributed by atoms with van der Waals surface area (Å²) in [5, 5.41) is 9.83. The number of nitriles is 1. The number of aryl methyl sites for hydroxylation is 1. The van der Waals surface area contributed by atoms with Crippen LogP contribution >= 0.6 is 15.9 Å². The van der Waals surface area contributed by atoms with E-state index in [0.717, 1.165) is 27.6 Å². The summed E-state index contributed by atoms with van der Waals surface area (Å²) in [4.78, 5) is 4.68. The van der Waals surface area contributed by atoms with E-state index in [0.29, 0.717) is 36.1 Å². The highest BCUT2D eigenvalue weighted by atomic mass is 79.9. The average Bonchev–Trinajstić information content (AvgIpc) is 3.07. The molecule has 2 aromatic carbocycles. The van der Waals surface area contributed by atoms with Crippen molar-refractivity contribution in [1.82, 2.24) is 9.55 Å². The first-order chi connectivity index (χ1) is 13.6. The normalized spacial score (nSPS) is 11.5. The van der Waals surface area contributed by atoms with Crippen LogP contribution in [0.25, 0.3) is 22.7 Å². The number of hydrogen-bond donors (Lipinski definition) is 0. The summed E-state index contributed by atoms with van der Waals surface area (Å²) in [6.07, 6.45) is 1.83. The van der Waals surface area contributed by atoms with Crippen molar-refractivity contribution < 1.29 is 9.47 Å². The van der Waals surface area contributed by atoms with Gasteiger partial charge in [-0.3, -0.25) is 0 Å². The Bertz CT molecular complexity index is 1060. The number of para-hydroxylation sites is 2. The zero-order valence-corrected chi connectivity index (χ0v) is 17.8. The maximum absolute atomic E-state index is 9.83. The van der Waals surface area contributed by atoms with Crippen molar-refractivity contribution in [1.29, 1.82) is 5.26 Å². The van der Waals surface area contributed by atoms with Crippen molar-refractivity contribution in [3.8, 4) is 17.6 Å². The summed E-state index contributed by atoms with van der Waals surface area (Å²) in [5.41, 5.74) is 3.23. The highest BCUT2D eigenvalue weighted by Crippen LogP contribution is 2.38. The SMILES string of the molecule is CCOc1cc(/C=C(/C#N)c2nc3ccccc3n2CC)cc(Br)c1OCC. The third kappa shape index (κ3) is 3.90. The third-order valence-corrected chi connectivity index (χ3v) is 4.85. The smallest absolute Gasteiger partial charge is 0.175 e. The van der Waals surface area contributed by atoms with Crippen molar-refractivity contribution >= 4 is 38.6 Å². The molecule has 3 rings (SSSR count). The zero-order valence-electron chi connectivity index (χ0n) is 16.2. The van der Waals surface area contributed by atoms with E-state index in [4.69, 9.17) is 9.47 Å². The number of hydrogen-bond acceptors (Lipinski definition) is 4. The van der Waals surface area contributed by atoms with Gasteiger partial charge in [-0.05, 0) is 72.6 Å². The lowest BCUT2D eigenvalue weighted by Crippen LogP contribution is -2.01. The molecule has 1 heterocycles. The second kappa shape index (κ2) is 8.94. The molecule has 0 aliphatic rings. The van der Waals surface area contributed by atoms with Crippen LogP contribution in [0, 0.1) is 11.3 Å². The predicted octanol–water partition coefficient (Wildman–Crippen LogP) is 5.68. The second-order valence-electron chi connectivity index (χ2n) is 6.03. The Morgan fingerprint density at radius 3 is 2.61 bits per heavy atom. The van der Waals surface area contributed by atoms with Gasteiger partial charge < -0.3 is 14.0 Å². The monoisotopic (exact) mass is 439 g/mol. The minimum absolute atomic E-state index is 0.497. The molecule has 0 atom stereocenters. The minimum Gasteiger partial charge on any atom is -0.490 e. The van der Waals surface area contributed by atoms with E-state index < -0.39 is 0 Å². The Morgan fingerprint density at radius 2 is 1.93 bits per heavy atom. The van der Waals surface area contributed by atoms with E-state index in [1.807, 2.05) is 63.2 Å². The van der Waals surface area contributed by atoms with E-state index >= 15 is 0 Å². The molecule has 0 amide bonds. The predicted molar refractivity (Wildman–Crippen MR) is 115 cm³/mol. The number of aromatic nitrogens is 2. The number of imidazole rings is 1. The lowest BCUT2D eigenvalue weighted by molar-refractivity contribution is 0.286. The summed E-state index contributed by atoms with van der Waals surface area (Å²) in [6.45, 7) is 7.70. The zero-order chi connectivity index (χ0) is 20.1. The quantitative estimate of drug-likeness (QED) is 0.444. The van der Waals surface area contributed by atoms with Gasteiger partial charge >= 0.3 is 0 Å². The van der Waals surface area contributed by atoms with Crippen LogP contribution in [-0.4, -0.2) is 22.8 Å². The van der Waals surface area contributed by atoms with Gasteiger partial charge in [-0.15, -0.1) is 0 Å². The van der Waals surface area contributed by atoms with Crippen LogP contribution in [0.2, 0.25) is 0 Å². The van der Waals surface area contributed by atoms with Gasteiger partial charge in [0, 0.05) is 6.54 Å². The topological polar surface area (TPSA) is 60.1 Å². The number of allylic oxidation sites excluding steroid dienone is 1. The fourth-order valence-corrected chi connectivity index (χ4v) is 3.71. The van der Waals surface area contributed by atoms with Crippen LogP contribution in [0.4, 0.5) is 0 Å². The van der Waals surface area contributed by atoms with Gasteiger partial charge in [0.05, 0.1) is 34.3 Å². The lowest BCUT2D eigenvalue weighted by atomic mass is 10.1. The summed E-state index contributed by atoms with van der Waals surface area (Å²) >= 11 is 3.56. The van der Waals surface area contributed by atoms with Gasteiger partial charge in [0.2, 0.25) is 0 Å². The van der Waals surface area contributed by atoms with Gasteiger partial charge in [-0.2, -0.15) is 5.26 Å². The molecular weight excluding hydrogens is 418 g/mol. The maximum atomic E-state index is 9.83. The first-order valence-corrected chi connectivity index (χ1v) is 10.1. The van der Waals surface area contributed by atoms with Gasteiger partial charge in [0.15, 0.2) is 17.3 Å². The Kier molecular flexibility index (Phi) is 6.37. The Balaban J connectivity index is 2.12. The summed E-state index contributed by atoms with van der Waals surface area (Å²) in [7, 11) is 0. The van der Waals surface area contributed by atoms with Crippen LogP contribution in [0.15, 0.2) is 40.9 Å². The number of rotatable bonds is 7. The van der Waals surface area contributed by atoms with Crippen LogP contribution < -0.4 is 9.47 Å². The molecule has 0 radical (unpaired) electrons. The largest absolute Gasteiger partial charge is 0.490 e. The van der Waals surface area contributed by atoms with Crippen molar-refractivity contribution in [2.75, 3.05) is 13.2 Å². The first-order valence-electron chi connectivity index (χ1n) is 9.29. The fraction of sp³-hybridized carbons (Fsp3) is 0.273. The highest BCUT2D eigenvalue weighted by molar-refractivity contribution is 9.10. The van der Waals surface area contributed by atoms with E-state index in [2.05, 4.69) is 31.6 Å². The molecule has 0 aliphatic carbocycles. The lowest BCUT2D eigenvalue weighted by Gasteiger charge is -2.13. The Morgan fingerprint density at radius 1 is 1.18 bits per heavy atom. The summed E-state index contributed by atoms with van der Waals surface area (Å²) < 4.78 is 14.3. The molecule has 6 heteroatoms. The van der Waals surface area contributed by atoms with Crippen molar-refractivity contribution in [2.24, 2.45) is 0 Å². The van der Waals surface area contributed by atoms with Gasteiger partial charge in [-0.1, -0.05) is 12.1 Å². The van der Waals surface area contributed by atoms with Crippen molar-refractivity contribution in [3.05, 3.63) is 52.3 Å². The molecule has 0 unspecified atom stereocenters. The standard InChI is InChI=1S/C22H22BrN3O2/c1-4-26-19-10-8-7-9-18(19)25-22(26)16(14-24)11-15-12-17(23)21(28-6-3)20(13-15)27-5-2/h7-13H,4-6H2,1-3H3/b16-11-. The molecular formula is C22H22BrN3O2. The van der Waals surface area contributed by atoms with E-state index in [-0.39, 0.29) is 0 Å². The molecule has 0 saturated carbocycles. The van der Waals surface area contributed by atoms with Crippen LogP contribution in [0.3, 0.4) is 0 Å². The van der Waals surface area contributed by atoms with Crippen LogP contribution in [0.5, 0.6) is 11.5 Å². The fourth-order valence-electron chi connectivity index (χ4n) is 3.13. The van der Waals surface area contributed by atoms with E-state index in [1.54, 1.807) is 0 Å². The molecule has 0 spiro atoms. The van der Waals surface area contributed by atoms with E-state index in [1.165, 1.54) is 0 Å². The number of ether oxygens (including phenoxy) is 2. The molecule has 144 valence electrons. The highest BCUT2D eigenvalue weighted by Gasteiger charge is 2.15. The van der Waals surface area contributed by atoms with E-state index in [9.17, 15) is 5.26 Å². The first kappa shape index (κ1) is 20.0. The average molecular weight is 440 g/mol. The molecule has 0 fully saturated rings. The summed E-state index contributed by atoms with van der Waals surface area (Å²) in [6, 6.07) is 14.0. The van der Waals surface area contributed by atoms with Crippen LogP contribution in [-0.2, 0) is 6.54 Å².